The fourth-order valence-corrected chi connectivity index (χ4v) is 1.83. The average molecular weight is 195 g/mol. The molecule has 1 aliphatic heterocycles. The second-order valence-corrected chi connectivity index (χ2v) is 3.90. The molecule has 0 N–H and O–H groups in total. The molecule has 2 nitrogen and oxygen atoms in total. The number of nitrogens with zero attached hydrogens (tertiary/aromatic N) is 1. The summed E-state index contributed by atoms with van der Waals surface area (Å²) < 4.78 is 0. The lowest BCUT2D eigenvalue weighted by molar-refractivity contribution is -0.130. The number of allylic oxidation sites excluding steroid dienone is 2. The fourth-order valence-electron chi connectivity index (χ4n) is 1.83. The fraction of sp³-hybridized carbons (Fsp3) is 0.750. The molecule has 0 atom stereocenters. The molecule has 1 fully saturated rings. The number of carbonyl (C=O) groups excluding carboxylic acids is 1. The van der Waals surface area contributed by atoms with Crippen LogP contribution < -0.4 is 0 Å². The smallest absolute Gasteiger partial charge is 0.222 e. The lowest BCUT2D eigenvalue weighted by atomic mass is 10.2. The van der Waals surface area contributed by atoms with Crippen LogP contribution in [-0.4, -0.2) is 23.9 Å². The molecule has 1 rings (SSSR count). The molecule has 0 spiro atoms. The minimum absolute atomic E-state index is 0.364. The van der Waals surface area contributed by atoms with Gasteiger partial charge < -0.3 is 4.90 Å². The molecular weight excluding hydrogens is 174 g/mol. The van der Waals surface area contributed by atoms with Gasteiger partial charge in [0.2, 0.25) is 5.91 Å². The van der Waals surface area contributed by atoms with Gasteiger partial charge in [0.05, 0.1) is 0 Å². The maximum atomic E-state index is 11.6. The SMILES string of the molecule is C/C=C/CCCCC(=O)N1CCCC1. The summed E-state index contributed by atoms with van der Waals surface area (Å²) in [5.74, 6) is 0.364. The molecule has 1 aliphatic rings. The Morgan fingerprint density at radius 3 is 2.64 bits per heavy atom. The van der Waals surface area contributed by atoms with E-state index in [1.54, 1.807) is 0 Å². The quantitative estimate of drug-likeness (QED) is 0.488. The molecule has 1 amide bonds. The minimum Gasteiger partial charge on any atom is -0.343 e. The van der Waals surface area contributed by atoms with E-state index in [9.17, 15) is 4.79 Å². The lowest BCUT2D eigenvalue weighted by Gasteiger charge is -2.14. The third-order valence-corrected chi connectivity index (χ3v) is 2.71. The summed E-state index contributed by atoms with van der Waals surface area (Å²) in [6.45, 7) is 4.02. The standard InChI is InChI=1S/C12H21NO/c1-2-3-4-5-6-9-12(14)13-10-7-8-11-13/h2-3H,4-11H2,1H3/b3-2+. The van der Waals surface area contributed by atoms with Crippen LogP contribution in [-0.2, 0) is 4.79 Å². The molecule has 80 valence electrons. The van der Waals surface area contributed by atoms with E-state index in [2.05, 4.69) is 12.2 Å². The number of unbranched alkanes of at least 4 members (excludes halogenated alkanes) is 2. The van der Waals surface area contributed by atoms with Crippen LogP contribution in [0.3, 0.4) is 0 Å². The van der Waals surface area contributed by atoms with Crippen molar-refractivity contribution in [3.05, 3.63) is 12.2 Å². The van der Waals surface area contributed by atoms with E-state index in [4.69, 9.17) is 0 Å². The molecule has 1 heterocycles. The van der Waals surface area contributed by atoms with Gasteiger partial charge >= 0.3 is 0 Å². The van der Waals surface area contributed by atoms with E-state index in [0.717, 1.165) is 38.8 Å². The summed E-state index contributed by atoms with van der Waals surface area (Å²) >= 11 is 0. The topological polar surface area (TPSA) is 20.3 Å². The second-order valence-electron chi connectivity index (χ2n) is 3.90. The van der Waals surface area contributed by atoms with Crippen LogP contribution in [0, 0.1) is 0 Å². The van der Waals surface area contributed by atoms with Crippen LogP contribution in [0.1, 0.15) is 45.4 Å². The van der Waals surface area contributed by atoms with E-state index >= 15 is 0 Å². The van der Waals surface area contributed by atoms with Crippen LogP contribution in [0.25, 0.3) is 0 Å². The van der Waals surface area contributed by atoms with Crippen molar-refractivity contribution >= 4 is 5.91 Å². The molecule has 0 aromatic heterocycles. The molecule has 0 aromatic carbocycles. The number of carbonyl (C=O) groups is 1. The summed E-state index contributed by atoms with van der Waals surface area (Å²) in [5, 5.41) is 0. The summed E-state index contributed by atoms with van der Waals surface area (Å²) in [6, 6.07) is 0. The van der Waals surface area contributed by atoms with Gasteiger partial charge in [0.1, 0.15) is 0 Å². The van der Waals surface area contributed by atoms with Gasteiger partial charge in [0.25, 0.3) is 0 Å². The number of likely N-dealkylation sites (tertiary alicyclic amines) is 1. The first kappa shape index (κ1) is 11.3. The Balaban J connectivity index is 2.02. The Hall–Kier alpha value is -0.790. The summed E-state index contributed by atoms with van der Waals surface area (Å²) in [7, 11) is 0. The zero-order valence-corrected chi connectivity index (χ0v) is 9.17. The average Bonchev–Trinajstić information content (AvgIpc) is 2.70. The van der Waals surface area contributed by atoms with Crippen molar-refractivity contribution in [2.24, 2.45) is 0 Å². The molecular formula is C12H21NO. The van der Waals surface area contributed by atoms with Crippen LogP contribution >= 0.6 is 0 Å². The first-order chi connectivity index (χ1) is 6.84. The van der Waals surface area contributed by atoms with Crippen molar-refractivity contribution in [2.75, 3.05) is 13.1 Å². The highest BCUT2D eigenvalue weighted by Crippen LogP contribution is 2.11. The summed E-state index contributed by atoms with van der Waals surface area (Å²) in [4.78, 5) is 13.6. The van der Waals surface area contributed by atoms with Gasteiger partial charge in [-0.05, 0) is 39.0 Å². The van der Waals surface area contributed by atoms with Gasteiger partial charge in [-0.1, -0.05) is 12.2 Å². The van der Waals surface area contributed by atoms with E-state index in [1.165, 1.54) is 12.8 Å². The zero-order valence-electron chi connectivity index (χ0n) is 9.17. The van der Waals surface area contributed by atoms with E-state index in [1.807, 2.05) is 11.8 Å². The van der Waals surface area contributed by atoms with Crippen molar-refractivity contribution < 1.29 is 4.79 Å². The predicted molar refractivity (Wildman–Crippen MR) is 59.1 cm³/mol. The highest BCUT2D eigenvalue weighted by molar-refractivity contribution is 5.76. The molecule has 1 saturated heterocycles. The lowest BCUT2D eigenvalue weighted by Crippen LogP contribution is -2.27. The molecule has 0 unspecified atom stereocenters. The molecule has 0 radical (unpaired) electrons. The van der Waals surface area contributed by atoms with Crippen molar-refractivity contribution in [3.8, 4) is 0 Å². The third-order valence-electron chi connectivity index (χ3n) is 2.71. The molecule has 0 aromatic rings. The Kier molecular flexibility index (Phi) is 5.35. The van der Waals surface area contributed by atoms with E-state index < -0.39 is 0 Å². The number of hydrogen-bond donors (Lipinski definition) is 0. The molecule has 0 aliphatic carbocycles. The Morgan fingerprint density at radius 1 is 1.29 bits per heavy atom. The van der Waals surface area contributed by atoms with Crippen molar-refractivity contribution in [1.29, 1.82) is 0 Å². The number of hydrogen-bond acceptors (Lipinski definition) is 1. The van der Waals surface area contributed by atoms with Gasteiger partial charge in [-0.25, -0.2) is 0 Å². The van der Waals surface area contributed by atoms with Gasteiger partial charge in [-0.15, -0.1) is 0 Å². The van der Waals surface area contributed by atoms with Crippen molar-refractivity contribution in [1.82, 2.24) is 4.90 Å². The summed E-state index contributed by atoms with van der Waals surface area (Å²) in [5.41, 5.74) is 0. The second kappa shape index (κ2) is 6.63. The van der Waals surface area contributed by atoms with Gasteiger partial charge in [-0.3, -0.25) is 4.79 Å². The maximum absolute atomic E-state index is 11.6. The van der Waals surface area contributed by atoms with Gasteiger partial charge in [0, 0.05) is 19.5 Å². The number of rotatable bonds is 5. The van der Waals surface area contributed by atoms with Gasteiger partial charge in [0.15, 0.2) is 0 Å². The van der Waals surface area contributed by atoms with Crippen LogP contribution in [0.5, 0.6) is 0 Å². The molecule has 0 bridgehead atoms. The maximum Gasteiger partial charge on any atom is 0.222 e. The van der Waals surface area contributed by atoms with Crippen LogP contribution in [0.2, 0.25) is 0 Å². The normalized spacial score (nSPS) is 16.8. The van der Waals surface area contributed by atoms with E-state index in [-0.39, 0.29) is 0 Å². The Bertz CT molecular complexity index is 192. The molecule has 0 saturated carbocycles. The summed E-state index contributed by atoms with van der Waals surface area (Å²) in [6.07, 6.45) is 10.7. The highest BCUT2D eigenvalue weighted by Gasteiger charge is 2.16. The van der Waals surface area contributed by atoms with Crippen molar-refractivity contribution in [3.63, 3.8) is 0 Å². The van der Waals surface area contributed by atoms with Crippen LogP contribution in [0.15, 0.2) is 12.2 Å². The van der Waals surface area contributed by atoms with Crippen molar-refractivity contribution in [2.45, 2.75) is 45.4 Å². The van der Waals surface area contributed by atoms with E-state index in [0.29, 0.717) is 5.91 Å². The first-order valence-corrected chi connectivity index (χ1v) is 5.73. The first-order valence-electron chi connectivity index (χ1n) is 5.73. The van der Waals surface area contributed by atoms with Gasteiger partial charge in [-0.2, -0.15) is 0 Å². The minimum atomic E-state index is 0.364. The predicted octanol–water partition coefficient (Wildman–Crippen LogP) is 2.75. The van der Waals surface area contributed by atoms with Crippen LogP contribution in [0.4, 0.5) is 0 Å². The highest BCUT2D eigenvalue weighted by atomic mass is 16.2. The Morgan fingerprint density at radius 2 is 2.00 bits per heavy atom. The Labute approximate surface area is 87.0 Å². The molecule has 14 heavy (non-hydrogen) atoms. The zero-order chi connectivity index (χ0) is 10.2. The third kappa shape index (κ3) is 3.95. The number of amides is 1. The molecule has 2 heteroatoms. The monoisotopic (exact) mass is 195 g/mol. The largest absolute Gasteiger partial charge is 0.343 e.